The molecule has 4 amide bonds. The fraction of sp³-hybridized carbons (Fsp3) is 0.527. The number of methoxy groups -OCH3 is 1. The number of piperidine rings is 1. The summed E-state index contributed by atoms with van der Waals surface area (Å²) in [6.07, 6.45) is 0.514. The average molecular weight is 1100 g/mol. The predicted molar refractivity (Wildman–Crippen MR) is 282 cm³/mol. The first kappa shape index (κ1) is 59.4. The second-order valence-electron chi connectivity index (χ2n) is 22.0. The molecular weight excluding hydrogens is 1030 g/mol. The van der Waals surface area contributed by atoms with Gasteiger partial charge in [0.2, 0.25) is 23.6 Å². The largest absolute Gasteiger partial charge is 0.481 e. The SMILES string of the molecule is COCC(NC(=O)C(C)NCc1c(F)cc(Cl)cc1Oc1ccc(-c2cnc(CN(C(=O)OC(C)(C)C)C(C)(C)C)n2C)cc1)C(=O)N(C)C1(Cc2ccc(Cl)cc2)CCCN(C(=O)C(CC(=O)O)C2CC(F)(F)C2)C1. The van der Waals surface area contributed by atoms with E-state index in [2.05, 4.69) is 15.6 Å². The lowest BCUT2D eigenvalue weighted by Crippen LogP contribution is -2.65. The first-order valence-corrected chi connectivity index (χ1v) is 26.0. The molecule has 1 saturated heterocycles. The maximum Gasteiger partial charge on any atom is 0.411 e. The van der Waals surface area contributed by atoms with Crippen molar-refractivity contribution in [2.45, 2.75) is 135 Å². The molecule has 4 atom stereocenters. The summed E-state index contributed by atoms with van der Waals surface area (Å²) in [5.41, 5.74) is 0.0677. The summed E-state index contributed by atoms with van der Waals surface area (Å²) >= 11 is 12.5. The Hall–Kier alpha value is -5.89. The van der Waals surface area contributed by atoms with Crippen LogP contribution in [-0.2, 0) is 55.2 Å². The fourth-order valence-electron chi connectivity index (χ4n) is 9.70. The molecule has 16 nitrogen and oxygen atoms in total. The highest BCUT2D eigenvalue weighted by molar-refractivity contribution is 6.31. The van der Waals surface area contributed by atoms with Crippen molar-refractivity contribution >= 4 is 53.0 Å². The number of imidazole rings is 1. The van der Waals surface area contributed by atoms with Crippen molar-refractivity contribution in [3.63, 3.8) is 0 Å². The number of carboxylic acid groups (broad SMARTS) is 1. The Morgan fingerprint density at radius 1 is 0.974 bits per heavy atom. The van der Waals surface area contributed by atoms with Gasteiger partial charge in [-0.15, -0.1) is 0 Å². The molecule has 0 bridgehead atoms. The molecule has 0 radical (unpaired) electrons. The van der Waals surface area contributed by atoms with Gasteiger partial charge in [-0.2, -0.15) is 0 Å². The van der Waals surface area contributed by atoms with Gasteiger partial charge >= 0.3 is 12.1 Å². The smallest absolute Gasteiger partial charge is 0.411 e. The Labute approximate surface area is 452 Å². The lowest BCUT2D eigenvalue weighted by Gasteiger charge is -2.50. The van der Waals surface area contributed by atoms with Crippen LogP contribution in [0, 0.1) is 17.7 Å². The minimum Gasteiger partial charge on any atom is -0.481 e. The van der Waals surface area contributed by atoms with Crippen LogP contribution in [-0.4, -0.2) is 128 Å². The third kappa shape index (κ3) is 15.0. The lowest BCUT2D eigenvalue weighted by molar-refractivity contribution is -0.164. The molecule has 1 aliphatic carbocycles. The summed E-state index contributed by atoms with van der Waals surface area (Å²) in [7, 11) is 4.79. The molecule has 1 aromatic heterocycles. The van der Waals surface area contributed by atoms with E-state index in [-0.39, 0.29) is 55.5 Å². The van der Waals surface area contributed by atoms with Crippen LogP contribution in [0.3, 0.4) is 0 Å². The van der Waals surface area contributed by atoms with Gasteiger partial charge in [0.15, 0.2) is 0 Å². The van der Waals surface area contributed by atoms with Gasteiger partial charge < -0.3 is 44.3 Å². The third-order valence-corrected chi connectivity index (χ3v) is 14.5. The maximum atomic E-state index is 15.8. The highest BCUT2D eigenvalue weighted by Crippen LogP contribution is 2.48. The average Bonchev–Trinajstić information content (AvgIpc) is 3.69. The molecule has 1 saturated carbocycles. The Bertz CT molecular complexity index is 2720. The quantitative estimate of drug-likeness (QED) is 0.0766. The van der Waals surface area contributed by atoms with Crippen molar-refractivity contribution in [2.24, 2.45) is 18.9 Å². The molecule has 2 heterocycles. The van der Waals surface area contributed by atoms with Crippen LogP contribution in [0.15, 0.2) is 66.9 Å². The number of hydrogen-bond donors (Lipinski definition) is 3. The second kappa shape index (κ2) is 24.2. The van der Waals surface area contributed by atoms with Gasteiger partial charge in [-0.25, -0.2) is 22.9 Å². The van der Waals surface area contributed by atoms with Gasteiger partial charge in [-0.1, -0.05) is 35.3 Å². The number of nitrogens with zero attached hydrogens (tertiary/aromatic N) is 5. The van der Waals surface area contributed by atoms with Gasteiger partial charge in [0, 0.05) is 80.4 Å². The van der Waals surface area contributed by atoms with Crippen LogP contribution < -0.4 is 15.4 Å². The zero-order chi connectivity index (χ0) is 56.1. The number of hydrogen-bond acceptors (Lipinski definition) is 10. The Kier molecular flexibility index (Phi) is 18.9. The zero-order valence-corrected chi connectivity index (χ0v) is 46.3. The molecule has 6 rings (SSSR count). The Morgan fingerprint density at radius 2 is 1.63 bits per heavy atom. The van der Waals surface area contributed by atoms with E-state index in [1.54, 1.807) is 61.5 Å². The van der Waals surface area contributed by atoms with Crippen molar-refractivity contribution in [3.8, 4) is 22.8 Å². The van der Waals surface area contributed by atoms with E-state index in [1.807, 2.05) is 65.3 Å². The second-order valence-corrected chi connectivity index (χ2v) is 22.9. The van der Waals surface area contributed by atoms with Crippen LogP contribution in [0.2, 0.25) is 10.0 Å². The summed E-state index contributed by atoms with van der Waals surface area (Å²) in [5.74, 6) is -7.58. The van der Waals surface area contributed by atoms with E-state index in [1.165, 1.54) is 23.0 Å². The molecule has 0 spiro atoms. The van der Waals surface area contributed by atoms with Crippen molar-refractivity contribution in [1.82, 2.24) is 34.9 Å². The molecule has 3 N–H and O–H groups in total. The highest BCUT2D eigenvalue weighted by Gasteiger charge is 2.53. The van der Waals surface area contributed by atoms with Crippen LogP contribution in [0.5, 0.6) is 11.5 Å². The van der Waals surface area contributed by atoms with Crippen LogP contribution in [0.4, 0.5) is 18.0 Å². The first-order valence-electron chi connectivity index (χ1n) is 25.2. The van der Waals surface area contributed by atoms with Gasteiger partial charge in [-0.05, 0) is 128 Å². The van der Waals surface area contributed by atoms with Gasteiger partial charge in [0.1, 0.15) is 34.8 Å². The molecule has 21 heteroatoms. The summed E-state index contributed by atoms with van der Waals surface area (Å²) in [5, 5.41) is 16.1. The predicted octanol–water partition coefficient (Wildman–Crippen LogP) is 9.67. The van der Waals surface area contributed by atoms with E-state index in [9.17, 15) is 37.9 Å². The molecule has 3 aromatic carbocycles. The normalized spacial score (nSPS) is 18.0. The number of carboxylic acids is 1. The van der Waals surface area contributed by atoms with Gasteiger partial charge in [0.25, 0.3) is 0 Å². The summed E-state index contributed by atoms with van der Waals surface area (Å²) in [4.78, 5) is 77.1. The zero-order valence-electron chi connectivity index (χ0n) is 44.8. The number of rotatable bonds is 20. The Morgan fingerprint density at radius 3 is 2.22 bits per heavy atom. The van der Waals surface area contributed by atoms with Gasteiger partial charge in [-0.3, -0.25) is 24.1 Å². The van der Waals surface area contributed by atoms with Crippen molar-refractivity contribution in [3.05, 3.63) is 99.7 Å². The number of ether oxygens (including phenoxy) is 3. The highest BCUT2D eigenvalue weighted by atomic mass is 35.5. The third-order valence-electron chi connectivity index (χ3n) is 14.0. The van der Waals surface area contributed by atoms with Crippen molar-refractivity contribution in [1.29, 1.82) is 0 Å². The number of alkyl halides is 2. The number of halogens is 5. The number of benzene rings is 3. The number of likely N-dealkylation sites (N-methyl/N-ethyl adjacent to an activating group) is 1. The van der Waals surface area contributed by atoms with Crippen LogP contribution >= 0.6 is 23.2 Å². The summed E-state index contributed by atoms with van der Waals surface area (Å²) < 4.78 is 63.0. The molecule has 76 heavy (non-hydrogen) atoms. The molecule has 2 fully saturated rings. The molecule has 414 valence electrons. The van der Waals surface area contributed by atoms with E-state index in [4.69, 9.17) is 37.4 Å². The number of likely N-dealkylation sites (tertiary alicyclic amines) is 1. The maximum absolute atomic E-state index is 15.8. The van der Waals surface area contributed by atoms with Crippen LogP contribution in [0.25, 0.3) is 11.3 Å². The monoisotopic (exact) mass is 1100 g/mol. The van der Waals surface area contributed by atoms with Crippen molar-refractivity contribution in [2.75, 3.05) is 33.9 Å². The fourth-order valence-corrected chi connectivity index (χ4v) is 10.0. The molecule has 1 aliphatic heterocycles. The lowest BCUT2D eigenvalue weighted by atomic mass is 9.71. The minimum atomic E-state index is -2.97. The topological polar surface area (TPSA) is 185 Å². The molecular formula is C55H70Cl2F3N7O9. The van der Waals surface area contributed by atoms with E-state index >= 15 is 4.39 Å². The number of aromatic nitrogens is 2. The van der Waals surface area contributed by atoms with E-state index < -0.39 is 101 Å². The number of carbonyl (C=O) groups excluding carboxylic acids is 4. The molecule has 2 aliphatic rings. The number of nitrogens with one attached hydrogen (secondary N) is 2. The summed E-state index contributed by atoms with van der Waals surface area (Å²) in [6.45, 7) is 12.7. The van der Waals surface area contributed by atoms with Crippen molar-refractivity contribution < 1.29 is 56.5 Å². The van der Waals surface area contributed by atoms with Gasteiger partial charge in [0.05, 0.1) is 49.0 Å². The number of aliphatic carboxylic acids is 1. The standard InChI is InChI=1S/C55H70Cl2F3N7O9/c1-33(61-28-41-42(58)22-38(57)23-45(41)75-39-18-14-35(15-19-39)44-29-62-46(64(44)8)30-67(52(2,3)4)51(73)76-53(5,6)7)48(70)63-43(31-74-10)50(72)65(9)54(25-34-12-16-37(56)17-13-34)20-11-21-66(32-54)49(71)40(24-47(68)69)36-26-55(59,60)27-36/h12-19,22-23,29,33,36,40,43,61H,11,20-21,24-28,30-32H2,1-10H3,(H,63,70)(H,68,69). The van der Waals surface area contributed by atoms with E-state index in [0.29, 0.717) is 29.4 Å². The summed E-state index contributed by atoms with van der Waals surface area (Å²) in [6, 6.07) is 14.4. The number of carbonyl (C=O) groups is 5. The van der Waals surface area contributed by atoms with Crippen LogP contribution in [0.1, 0.15) is 97.5 Å². The van der Waals surface area contributed by atoms with E-state index in [0.717, 1.165) is 22.9 Å². The first-order chi connectivity index (χ1) is 35.5. The minimum absolute atomic E-state index is 0.0382. The molecule has 4 aromatic rings. The Balaban J connectivity index is 1.14. The number of amides is 4. The molecule has 4 unspecified atom stereocenters.